The number of H-pyrrole nitrogens is 1. The van der Waals surface area contributed by atoms with Crippen LogP contribution in [0.25, 0.3) is 0 Å². The third-order valence-electron chi connectivity index (χ3n) is 4.47. The van der Waals surface area contributed by atoms with Gasteiger partial charge in [-0.05, 0) is 42.5 Å². The Kier molecular flexibility index (Phi) is 5.60. The van der Waals surface area contributed by atoms with Crippen LogP contribution in [0.3, 0.4) is 0 Å². The Morgan fingerprint density at radius 1 is 1.32 bits per heavy atom. The Morgan fingerprint density at radius 2 is 2.20 bits per heavy atom. The minimum atomic E-state index is -0.365. The summed E-state index contributed by atoms with van der Waals surface area (Å²) in [7, 11) is 0. The van der Waals surface area contributed by atoms with Crippen LogP contribution >= 0.6 is 0 Å². The van der Waals surface area contributed by atoms with Gasteiger partial charge in [0.05, 0.1) is 12.7 Å². The molecular formula is C19H23N3O3. The summed E-state index contributed by atoms with van der Waals surface area (Å²) >= 11 is 0. The van der Waals surface area contributed by atoms with E-state index >= 15 is 0 Å². The van der Waals surface area contributed by atoms with Crippen molar-refractivity contribution in [2.45, 2.75) is 45.3 Å². The van der Waals surface area contributed by atoms with Gasteiger partial charge < -0.3 is 10.1 Å². The molecule has 2 aromatic rings. The number of hydrogen-bond acceptors (Lipinski definition) is 4. The van der Waals surface area contributed by atoms with Crippen LogP contribution in [0.5, 0.6) is 0 Å². The number of nitrogens with zero attached hydrogens (tertiary/aromatic N) is 1. The second kappa shape index (κ2) is 8.07. The molecule has 3 rings (SSSR count). The van der Waals surface area contributed by atoms with E-state index in [0.717, 1.165) is 24.3 Å². The van der Waals surface area contributed by atoms with E-state index in [1.807, 2.05) is 24.3 Å². The number of ether oxygens (including phenoxy) is 1. The fraction of sp³-hybridized carbons (Fsp3) is 0.421. The van der Waals surface area contributed by atoms with Gasteiger partial charge in [0.1, 0.15) is 5.69 Å². The fourth-order valence-corrected chi connectivity index (χ4v) is 3.15. The van der Waals surface area contributed by atoms with Gasteiger partial charge in [0, 0.05) is 11.8 Å². The van der Waals surface area contributed by atoms with Crippen LogP contribution in [-0.4, -0.2) is 22.2 Å². The number of anilines is 1. The normalized spacial score (nSPS) is 20.2. The van der Waals surface area contributed by atoms with Crippen molar-refractivity contribution in [3.05, 3.63) is 58.0 Å². The van der Waals surface area contributed by atoms with Crippen LogP contribution in [0.4, 0.5) is 5.69 Å². The van der Waals surface area contributed by atoms with Crippen LogP contribution in [-0.2, 0) is 11.3 Å². The van der Waals surface area contributed by atoms with E-state index in [0.29, 0.717) is 18.4 Å². The van der Waals surface area contributed by atoms with Crippen LogP contribution in [0.2, 0.25) is 0 Å². The number of aromatic nitrogens is 2. The molecule has 6 nitrogen and oxygen atoms in total. The highest BCUT2D eigenvalue weighted by molar-refractivity contribution is 6.02. The Labute approximate surface area is 146 Å². The second-order valence-electron chi connectivity index (χ2n) is 6.67. The van der Waals surface area contributed by atoms with Gasteiger partial charge in [-0.25, -0.2) is 5.10 Å². The zero-order valence-corrected chi connectivity index (χ0v) is 14.3. The first-order chi connectivity index (χ1) is 12.1. The lowest BCUT2D eigenvalue weighted by atomic mass is 9.89. The first-order valence-corrected chi connectivity index (χ1v) is 8.68. The number of carbonyl (C=O) groups excluding carboxylic acids is 1. The van der Waals surface area contributed by atoms with Gasteiger partial charge in [0.15, 0.2) is 0 Å². The van der Waals surface area contributed by atoms with Crippen molar-refractivity contribution < 1.29 is 9.53 Å². The highest BCUT2D eigenvalue weighted by Crippen LogP contribution is 2.26. The number of carbonyl (C=O) groups is 1. The van der Waals surface area contributed by atoms with E-state index in [2.05, 4.69) is 22.4 Å². The van der Waals surface area contributed by atoms with E-state index in [-0.39, 0.29) is 17.2 Å². The quantitative estimate of drug-likeness (QED) is 0.875. The third kappa shape index (κ3) is 5.00. The highest BCUT2D eigenvalue weighted by atomic mass is 16.5. The number of rotatable bonds is 5. The molecule has 0 unspecified atom stereocenters. The van der Waals surface area contributed by atoms with Gasteiger partial charge in [-0.3, -0.25) is 9.59 Å². The minimum Gasteiger partial charge on any atom is -0.374 e. The average Bonchev–Trinajstić information content (AvgIpc) is 2.61. The van der Waals surface area contributed by atoms with Crippen molar-refractivity contribution in [2.75, 3.05) is 5.32 Å². The number of hydrogen-bond donors (Lipinski definition) is 2. The summed E-state index contributed by atoms with van der Waals surface area (Å²) in [6.45, 7) is 2.81. The standard InChI is InChI=1S/C19H23N3O3/c1-13-4-2-7-16(10-13)25-12-14-5-3-6-15(11-14)20-19(24)17-8-9-18(23)22-21-17/h3,5-6,8-9,11,13,16H,2,4,7,10,12H2,1H3,(H,20,24)(H,22,23)/t13-,16+/m0/s1. The molecule has 0 bridgehead atoms. The Morgan fingerprint density at radius 3 is 2.96 bits per heavy atom. The Balaban J connectivity index is 1.58. The van der Waals surface area contributed by atoms with Crippen LogP contribution in [0, 0.1) is 5.92 Å². The highest BCUT2D eigenvalue weighted by Gasteiger charge is 2.19. The van der Waals surface area contributed by atoms with E-state index < -0.39 is 0 Å². The summed E-state index contributed by atoms with van der Waals surface area (Å²) in [5.41, 5.74) is 1.52. The number of amides is 1. The zero-order valence-electron chi connectivity index (χ0n) is 14.3. The molecule has 1 fully saturated rings. The predicted octanol–water partition coefficient (Wildman–Crippen LogP) is 3.12. The van der Waals surface area contributed by atoms with Crippen molar-refractivity contribution in [1.82, 2.24) is 10.2 Å². The molecule has 0 saturated heterocycles. The molecule has 1 aromatic heterocycles. The smallest absolute Gasteiger partial charge is 0.276 e. The molecule has 1 heterocycles. The lowest BCUT2D eigenvalue weighted by molar-refractivity contribution is 0.00468. The molecule has 1 saturated carbocycles. The number of nitrogens with one attached hydrogen (secondary N) is 2. The van der Waals surface area contributed by atoms with Crippen molar-refractivity contribution in [3.63, 3.8) is 0 Å². The van der Waals surface area contributed by atoms with Gasteiger partial charge in [-0.1, -0.05) is 31.9 Å². The molecule has 132 valence electrons. The predicted molar refractivity (Wildman–Crippen MR) is 95.5 cm³/mol. The second-order valence-corrected chi connectivity index (χ2v) is 6.67. The van der Waals surface area contributed by atoms with Crippen LogP contribution in [0.1, 0.15) is 48.7 Å². The monoisotopic (exact) mass is 341 g/mol. The van der Waals surface area contributed by atoms with Crippen LogP contribution in [0.15, 0.2) is 41.2 Å². The lowest BCUT2D eigenvalue weighted by Crippen LogP contribution is -2.21. The van der Waals surface area contributed by atoms with Gasteiger partial charge in [-0.2, -0.15) is 5.10 Å². The summed E-state index contributed by atoms with van der Waals surface area (Å²) in [5, 5.41) is 8.76. The Hall–Kier alpha value is -2.47. The summed E-state index contributed by atoms with van der Waals surface area (Å²) in [6, 6.07) is 10.3. The minimum absolute atomic E-state index is 0.164. The van der Waals surface area contributed by atoms with Crippen molar-refractivity contribution in [3.8, 4) is 0 Å². The van der Waals surface area contributed by atoms with Crippen molar-refractivity contribution in [1.29, 1.82) is 0 Å². The van der Waals surface area contributed by atoms with Crippen molar-refractivity contribution in [2.24, 2.45) is 5.92 Å². The SMILES string of the molecule is C[C@H]1CCC[C@@H](OCc2cccc(NC(=O)c3ccc(=O)[nH]n3)c2)C1. The maximum Gasteiger partial charge on any atom is 0.276 e. The number of benzene rings is 1. The fourth-order valence-electron chi connectivity index (χ4n) is 3.15. The maximum atomic E-state index is 12.2. The summed E-state index contributed by atoms with van der Waals surface area (Å²) in [6.07, 6.45) is 5.09. The molecule has 1 aromatic carbocycles. The maximum absolute atomic E-state index is 12.2. The van der Waals surface area contributed by atoms with E-state index in [9.17, 15) is 9.59 Å². The van der Waals surface area contributed by atoms with E-state index in [4.69, 9.17) is 4.74 Å². The summed E-state index contributed by atoms with van der Waals surface area (Å²) in [4.78, 5) is 23.2. The zero-order chi connectivity index (χ0) is 17.6. The molecule has 0 aliphatic heterocycles. The molecule has 1 amide bonds. The number of aromatic amines is 1. The molecule has 1 aliphatic carbocycles. The van der Waals surface area contributed by atoms with Gasteiger partial charge in [0.2, 0.25) is 0 Å². The topological polar surface area (TPSA) is 84.1 Å². The molecule has 2 N–H and O–H groups in total. The lowest BCUT2D eigenvalue weighted by Gasteiger charge is -2.26. The molecule has 6 heteroatoms. The van der Waals surface area contributed by atoms with Gasteiger partial charge >= 0.3 is 0 Å². The van der Waals surface area contributed by atoms with E-state index in [1.54, 1.807) is 0 Å². The van der Waals surface area contributed by atoms with Gasteiger partial charge in [0.25, 0.3) is 11.5 Å². The first-order valence-electron chi connectivity index (χ1n) is 8.68. The third-order valence-corrected chi connectivity index (χ3v) is 4.47. The molecular weight excluding hydrogens is 318 g/mol. The molecule has 0 radical (unpaired) electrons. The Bertz CT molecular complexity index is 767. The molecule has 1 aliphatic rings. The molecule has 0 spiro atoms. The summed E-state index contributed by atoms with van der Waals surface area (Å²) in [5.74, 6) is 0.365. The van der Waals surface area contributed by atoms with Crippen molar-refractivity contribution >= 4 is 11.6 Å². The largest absolute Gasteiger partial charge is 0.374 e. The molecule has 2 atom stereocenters. The summed E-state index contributed by atoms with van der Waals surface area (Å²) < 4.78 is 6.03. The first kappa shape index (κ1) is 17.4. The van der Waals surface area contributed by atoms with Gasteiger partial charge in [-0.15, -0.1) is 0 Å². The average molecular weight is 341 g/mol. The van der Waals surface area contributed by atoms with Crippen LogP contribution < -0.4 is 10.9 Å². The molecule has 25 heavy (non-hydrogen) atoms. The van der Waals surface area contributed by atoms with E-state index in [1.165, 1.54) is 25.0 Å².